The van der Waals surface area contributed by atoms with Gasteiger partial charge in [-0.1, -0.05) is 12.1 Å². The van der Waals surface area contributed by atoms with Crippen LogP contribution in [-0.4, -0.2) is 48.6 Å². The molecule has 0 spiro atoms. The Kier molecular flexibility index (Phi) is 7.98. The van der Waals surface area contributed by atoms with E-state index in [9.17, 15) is 0 Å². The van der Waals surface area contributed by atoms with Crippen LogP contribution in [0.3, 0.4) is 0 Å². The Morgan fingerprint density at radius 1 is 1.53 bits per heavy atom. The Morgan fingerprint density at radius 2 is 2.20 bits per heavy atom. The highest BCUT2D eigenvalue weighted by Gasteiger charge is 2.14. The van der Waals surface area contributed by atoms with Gasteiger partial charge < -0.3 is 26.1 Å². The lowest BCUT2D eigenvalue weighted by Crippen LogP contribution is -2.44. The van der Waals surface area contributed by atoms with E-state index in [0.29, 0.717) is 13.0 Å². The molecular weight excluding hydrogens is 198 g/mol. The monoisotopic (exact) mass is 219 g/mol. The number of amidine groups is 1. The first-order chi connectivity index (χ1) is 7.17. The van der Waals surface area contributed by atoms with Crippen molar-refractivity contribution >= 4 is 5.84 Å². The van der Waals surface area contributed by atoms with E-state index >= 15 is 0 Å². The molecule has 0 heterocycles. The first kappa shape index (κ1) is 14.2. The Bertz CT molecular complexity index is 187. The van der Waals surface area contributed by atoms with Crippen LogP contribution in [-0.2, 0) is 4.74 Å². The lowest BCUT2D eigenvalue weighted by atomic mass is 10.1. The van der Waals surface area contributed by atoms with Crippen molar-refractivity contribution < 1.29 is 15.1 Å². The molecule has 0 saturated carbocycles. The van der Waals surface area contributed by atoms with Crippen molar-refractivity contribution in [2.24, 2.45) is 10.9 Å². The molecule has 2 atom stereocenters. The molecule has 0 rings (SSSR count). The van der Waals surface area contributed by atoms with Crippen molar-refractivity contribution in [2.75, 3.05) is 20.3 Å². The molecule has 0 fully saturated rings. The summed E-state index contributed by atoms with van der Waals surface area (Å²) in [6.45, 7) is 2.42. The normalized spacial score (nSPS) is 16.3. The molecule has 0 aromatic rings. The number of aliphatic hydroxyl groups is 1. The van der Waals surface area contributed by atoms with Crippen LogP contribution in [0.4, 0.5) is 0 Å². The third kappa shape index (κ3) is 6.27. The fourth-order valence-corrected chi connectivity index (χ4v) is 1.30. The van der Waals surface area contributed by atoms with Gasteiger partial charge in [0.25, 0.3) is 0 Å². The van der Waals surface area contributed by atoms with Gasteiger partial charge in [-0.25, -0.2) is 0 Å². The van der Waals surface area contributed by atoms with Crippen LogP contribution in [0.15, 0.2) is 5.16 Å². The molecule has 0 amide bonds. The van der Waals surface area contributed by atoms with E-state index < -0.39 is 0 Å². The van der Waals surface area contributed by atoms with Gasteiger partial charge in [0.15, 0.2) is 0 Å². The molecule has 0 aliphatic rings. The summed E-state index contributed by atoms with van der Waals surface area (Å²) < 4.78 is 4.94. The first-order valence-electron chi connectivity index (χ1n) is 5.00. The largest absolute Gasteiger partial charge is 0.409 e. The molecular formula is C9H21N3O3. The third-order valence-electron chi connectivity index (χ3n) is 2.14. The molecule has 6 heteroatoms. The highest BCUT2D eigenvalue weighted by Crippen LogP contribution is 2.00. The van der Waals surface area contributed by atoms with Gasteiger partial charge in [-0.15, -0.1) is 0 Å². The van der Waals surface area contributed by atoms with Crippen molar-refractivity contribution in [2.45, 2.75) is 31.8 Å². The van der Waals surface area contributed by atoms with E-state index in [1.165, 1.54) is 0 Å². The Labute approximate surface area is 90.1 Å². The predicted octanol–water partition coefficient (Wildman–Crippen LogP) is -0.502. The lowest BCUT2D eigenvalue weighted by molar-refractivity contribution is 0.122. The van der Waals surface area contributed by atoms with E-state index in [0.717, 1.165) is 6.42 Å². The zero-order valence-corrected chi connectivity index (χ0v) is 9.31. The highest BCUT2D eigenvalue weighted by atomic mass is 16.5. The summed E-state index contributed by atoms with van der Waals surface area (Å²) in [5.74, 6) is 0.184. The highest BCUT2D eigenvalue weighted by molar-refractivity contribution is 5.80. The van der Waals surface area contributed by atoms with Crippen LogP contribution in [0, 0.1) is 0 Å². The summed E-state index contributed by atoms with van der Waals surface area (Å²) in [6.07, 6.45) is 1.28. The third-order valence-corrected chi connectivity index (χ3v) is 2.14. The molecule has 5 N–H and O–H groups in total. The van der Waals surface area contributed by atoms with Crippen LogP contribution in [0.25, 0.3) is 0 Å². The van der Waals surface area contributed by atoms with Crippen molar-refractivity contribution in [1.82, 2.24) is 5.32 Å². The maximum absolute atomic E-state index is 9.04. The molecule has 0 aliphatic carbocycles. The molecule has 0 aliphatic heterocycles. The minimum atomic E-state index is -0.119. The number of methoxy groups -OCH3 is 1. The SMILES string of the molecule is CCC(CC(N)=NO)NC(CO)COC. The summed E-state index contributed by atoms with van der Waals surface area (Å²) >= 11 is 0. The average Bonchev–Trinajstić information content (AvgIpc) is 2.26. The fourth-order valence-electron chi connectivity index (χ4n) is 1.30. The molecule has 0 radical (unpaired) electrons. The number of aliphatic hydroxyl groups excluding tert-OH is 1. The molecule has 0 aromatic carbocycles. The van der Waals surface area contributed by atoms with Gasteiger partial charge in [0, 0.05) is 19.6 Å². The van der Waals surface area contributed by atoms with Crippen molar-refractivity contribution in [3.8, 4) is 0 Å². The summed E-state index contributed by atoms with van der Waals surface area (Å²) in [5, 5.41) is 23.6. The van der Waals surface area contributed by atoms with Gasteiger partial charge in [-0.3, -0.25) is 0 Å². The van der Waals surface area contributed by atoms with E-state index in [4.69, 9.17) is 20.8 Å². The lowest BCUT2D eigenvalue weighted by Gasteiger charge is -2.22. The van der Waals surface area contributed by atoms with Crippen LogP contribution in [0.5, 0.6) is 0 Å². The average molecular weight is 219 g/mol. The number of rotatable bonds is 8. The Hall–Kier alpha value is -0.850. The summed E-state index contributed by atoms with van der Waals surface area (Å²) in [5.41, 5.74) is 5.41. The summed E-state index contributed by atoms with van der Waals surface area (Å²) in [4.78, 5) is 0. The quantitative estimate of drug-likeness (QED) is 0.191. The minimum absolute atomic E-state index is 0.000509. The Balaban J connectivity index is 4.05. The topological polar surface area (TPSA) is 100 Å². The zero-order valence-electron chi connectivity index (χ0n) is 9.31. The molecule has 6 nitrogen and oxygen atoms in total. The van der Waals surface area contributed by atoms with Gasteiger partial charge in [-0.05, 0) is 6.42 Å². The van der Waals surface area contributed by atoms with Crippen molar-refractivity contribution in [3.63, 3.8) is 0 Å². The maximum atomic E-state index is 9.04. The van der Waals surface area contributed by atoms with Crippen LogP contribution in [0.1, 0.15) is 19.8 Å². The molecule has 15 heavy (non-hydrogen) atoms. The van der Waals surface area contributed by atoms with E-state index in [2.05, 4.69) is 10.5 Å². The van der Waals surface area contributed by atoms with E-state index in [1.54, 1.807) is 7.11 Å². The molecule has 90 valence electrons. The number of oxime groups is 1. The van der Waals surface area contributed by atoms with Crippen molar-refractivity contribution in [3.05, 3.63) is 0 Å². The number of nitrogens with zero attached hydrogens (tertiary/aromatic N) is 1. The summed E-state index contributed by atoms with van der Waals surface area (Å²) in [7, 11) is 1.58. The van der Waals surface area contributed by atoms with E-state index in [1.807, 2.05) is 6.92 Å². The maximum Gasteiger partial charge on any atom is 0.140 e. The number of ether oxygens (including phenoxy) is 1. The molecule has 0 aromatic heterocycles. The second-order valence-corrected chi connectivity index (χ2v) is 3.40. The summed E-state index contributed by atoms with van der Waals surface area (Å²) in [6, 6.07) is -0.0420. The fraction of sp³-hybridized carbons (Fsp3) is 0.889. The van der Waals surface area contributed by atoms with Crippen LogP contribution < -0.4 is 11.1 Å². The smallest absolute Gasteiger partial charge is 0.140 e. The van der Waals surface area contributed by atoms with Crippen LogP contribution in [0.2, 0.25) is 0 Å². The first-order valence-corrected chi connectivity index (χ1v) is 5.00. The van der Waals surface area contributed by atoms with Gasteiger partial charge in [0.05, 0.1) is 19.3 Å². The Morgan fingerprint density at radius 3 is 2.60 bits per heavy atom. The van der Waals surface area contributed by atoms with Crippen LogP contribution >= 0.6 is 0 Å². The van der Waals surface area contributed by atoms with Gasteiger partial charge in [0.1, 0.15) is 5.84 Å². The minimum Gasteiger partial charge on any atom is -0.409 e. The number of nitrogens with two attached hydrogens (primary N) is 1. The molecule has 0 saturated heterocycles. The molecule has 0 bridgehead atoms. The number of hydrogen-bond acceptors (Lipinski definition) is 5. The standard InChI is InChI=1S/C9H21N3O3/c1-3-7(4-9(10)12-14)11-8(5-13)6-15-2/h7-8,11,13-14H,3-6H2,1-2H3,(H2,10,12). The second-order valence-electron chi connectivity index (χ2n) is 3.40. The molecule has 2 unspecified atom stereocenters. The van der Waals surface area contributed by atoms with Gasteiger partial charge in [0.2, 0.25) is 0 Å². The number of nitrogens with one attached hydrogen (secondary N) is 1. The van der Waals surface area contributed by atoms with E-state index in [-0.39, 0.29) is 24.5 Å². The zero-order chi connectivity index (χ0) is 11.7. The predicted molar refractivity (Wildman–Crippen MR) is 58.0 cm³/mol. The van der Waals surface area contributed by atoms with Gasteiger partial charge in [-0.2, -0.15) is 0 Å². The number of hydrogen-bond donors (Lipinski definition) is 4. The van der Waals surface area contributed by atoms with Crippen molar-refractivity contribution in [1.29, 1.82) is 0 Å². The second kappa shape index (κ2) is 8.46. The van der Waals surface area contributed by atoms with Gasteiger partial charge >= 0.3 is 0 Å².